The zero-order chi connectivity index (χ0) is 10.9. The highest BCUT2D eigenvalue weighted by molar-refractivity contribution is 7.92. The highest BCUT2D eigenvalue weighted by Gasteiger charge is 2.37. The predicted molar refractivity (Wildman–Crippen MR) is 54.4 cm³/mol. The van der Waals surface area contributed by atoms with Crippen molar-refractivity contribution < 1.29 is 13.5 Å². The highest BCUT2D eigenvalue weighted by Crippen LogP contribution is 2.23. The van der Waals surface area contributed by atoms with Gasteiger partial charge in [0.25, 0.3) is 0 Å². The molecule has 1 N–H and O–H groups in total. The van der Waals surface area contributed by atoms with Crippen molar-refractivity contribution in [3.63, 3.8) is 0 Å². The normalized spacial score (nSPS) is 15.5. The predicted octanol–water partition coefficient (Wildman–Crippen LogP) is 1.14. The van der Waals surface area contributed by atoms with Gasteiger partial charge in [-0.2, -0.15) is 0 Å². The first-order chi connectivity index (χ1) is 5.59. The Morgan fingerprint density at radius 1 is 1.54 bits per heavy atom. The third-order valence-corrected chi connectivity index (χ3v) is 4.48. The number of rotatable bonds is 4. The second-order valence-electron chi connectivity index (χ2n) is 4.05. The average molecular weight is 206 g/mol. The summed E-state index contributed by atoms with van der Waals surface area (Å²) in [4.78, 5) is 0. The molecule has 0 saturated carbocycles. The van der Waals surface area contributed by atoms with Gasteiger partial charge >= 0.3 is 0 Å². The fraction of sp³-hybridized carbons (Fsp3) is 0.778. The Hall–Kier alpha value is -0.350. The molecule has 13 heavy (non-hydrogen) atoms. The van der Waals surface area contributed by atoms with Crippen LogP contribution in [0, 0.1) is 0 Å². The Balaban J connectivity index is 4.75. The van der Waals surface area contributed by atoms with Crippen LogP contribution in [0.4, 0.5) is 0 Å². The Kier molecular flexibility index (Phi) is 3.70. The summed E-state index contributed by atoms with van der Waals surface area (Å²) in [5.74, 6) is 0. The number of hydrogen-bond acceptors (Lipinski definition) is 3. The molecule has 78 valence electrons. The first-order valence-electron chi connectivity index (χ1n) is 4.11. The van der Waals surface area contributed by atoms with E-state index in [0.717, 1.165) is 11.8 Å². The van der Waals surface area contributed by atoms with Gasteiger partial charge in [-0.05, 0) is 27.2 Å². The lowest BCUT2D eigenvalue weighted by molar-refractivity contribution is 0.138. The summed E-state index contributed by atoms with van der Waals surface area (Å²) in [5, 5.41) is 9.64. The van der Waals surface area contributed by atoms with Gasteiger partial charge in [0, 0.05) is 6.26 Å². The molecule has 0 aromatic carbocycles. The summed E-state index contributed by atoms with van der Waals surface area (Å²) in [6.07, 6.45) is 0.564. The third-order valence-electron chi connectivity index (χ3n) is 2.30. The summed E-state index contributed by atoms with van der Waals surface area (Å²) in [6, 6.07) is 0. The molecular formula is C9H18O3S. The van der Waals surface area contributed by atoms with E-state index < -0.39 is 20.7 Å². The molecule has 0 rings (SSSR count). The SMILES string of the molecule is C=C(C)CC(O)C(C)(C)S(C)(=O)=O. The molecule has 0 aromatic rings. The fourth-order valence-corrected chi connectivity index (χ4v) is 1.40. The van der Waals surface area contributed by atoms with E-state index in [1.807, 2.05) is 0 Å². The van der Waals surface area contributed by atoms with Crippen LogP contribution < -0.4 is 0 Å². The van der Waals surface area contributed by atoms with Crippen LogP contribution in [0.1, 0.15) is 27.2 Å². The van der Waals surface area contributed by atoms with Crippen LogP contribution in [0.2, 0.25) is 0 Å². The molecule has 0 heterocycles. The molecular weight excluding hydrogens is 188 g/mol. The van der Waals surface area contributed by atoms with Crippen LogP contribution in [0.3, 0.4) is 0 Å². The van der Waals surface area contributed by atoms with Gasteiger partial charge in [0.2, 0.25) is 0 Å². The lowest BCUT2D eigenvalue weighted by Gasteiger charge is -2.28. The lowest BCUT2D eigenvalue weighted by atomic mass is 10.00. The summed E-state index contributed by atoms with van der Waals surface area (Å²) in [7, 11) is -3.24. The molecule has 3 nitrogen and oxygen atoms in total. The van der Waals surface area contributed by atoms with Crippen LogP contribution >= 0.6 is 0 Å². The van der Waals surface area contributed by atoms with E-state index in [0.29, 0.717) is 6.42 Å². The second-order valence-corrected chi connectivity index (χ2v) is 6.65. The molecule has 0 aliphatic heterocycles. The molecule has 4 heteroatoms. The van der Waals surface area contributed by atoms with Crippen LogP contribution in [0.5, 0.6) is 0 Å². The van der Waals surface area contributed by atoms with E-state index in [1.165, 1.54) is 13.8 Å². The minimum atomic E-state index is -3.24. The smallest absolute Gasteiger partial charge is 0.155 e. The number of aliphatic hydroxyl groups excluding tert-OH is 1. The zero-order valence-electron chi connectivity index (χ0n) is 8.66. The maximum absolute atomic E-state index is 11.3. The molecule has 0 aromatic heterocycles. The van der Waals surface area contributed by atoms with Gasteiger partial charge in [0.15, 0.2) is 9.84 Å². The third kappa shape index (κ3) is 3.12. The number of sulfone groups is 1. The Bertz CT molecular complexity index is 288. The molecule has 0 radical (unpaired) electrons. The number of hydrogen-bond donors (Lipinski definition) is 1. The summed E-state index contributed by atoms with van der Waals surface area (Å²) >= 11 is 0. The van der Waals surface area contributed by atoms with Gasteiger partial charge in [-0.15, -0.1) is 6.58 Å². The molecule has 0 fully saturated rings. The van der Waals surface area contributed by atoms with Crippen LogP contribution in [-0.4, -0.2) is 30.6 Å². The van der Waals surface area contributed by atoms with Crippen molar-refractivity contribution in [3.05, 3.63) is 12.2 Å². The van der Waals surface area contributed by atoms with Gasteiger partial charge < -0.3 is 5.11 Å². The Labute approximate surface area is 80.4 Å². The van der Waals surface area contributed by atoms with E-state index in [4.69, 9.17) is 0 Å². The maximum Gasteiger partial charge on any atom is 0.155 e. The summed E-state index contributed by atoms with van der Waals surface area (Å²) < 4.78 is 21.5. The van der Waals surface area contributed by atoms with Crippen molar-refractivity contribution in [1.29, 1.82) is 0 Å². The first kappa shape index (κ1) is 12.7. The quantitative estimate of drug-likeness (QED) is 0.702. The molecule has 0 spiro atoms. The van der Waals surface area contributed by atoms with E-state index in [1.54, 1.807) is 6.92 Å². The second kappa shape index (κ2) is 3.80. The minimum Gasteiger partial charge on any atom is -0.391 e. The Morgan fingerprint density at radius 3 is 2.15 bits per heavy atom. The molecule has 0 amide bonds. The highest BCUT2D eigenvalue weighted by atomic mass is 32.2. The van der Waals surface area contributed by atoms with E-state index in [2.05, 4.69) is 6.58 Å². The van der Waals surface area contributed by atoms with E-state index >= 15 is 0 Å². The van der Waals surface area contributed by atoms with Crippen LogP contribution in [-0.2, 0) is 9.84 Å². The molecule has 0 aliphatic rings. The van der Waals surface area contributed by atoms with Crippen molar-refractivity contribution in [2.24, 2.45) is 0 Å². The van der Waals surface area contributed by atoms with Crippen LogP contribution in [0.25, 0.3) is 0 Å². The Morgan fingerprint density at radius 2 is 1.92 bits per heavy atom. The standard InChI is InChI=1S/C9H18O3S/c1-7(2)6-8(10)9(3,4)13(5,11)12/h8,10H,1,6H2,2-5H3. The summed E-state index contributed by atoms with van der Waals surface area (Å²) in [6.45, 7) is 8.45. The molecule has 1 atom stereocenters. The zero-order valence-corrected chi connectivity index (χ0v) is 9.48. The van der Waals surface area contributed by atoms with Gasteiger partial charge in [0.05, 0.1) is 10.9 Å². The van der Waals surface area contributed by atoms with Crippen molar-refractivity contribution in [3.8, 4) is 0 Å². The maximum atomic E-state index is 11.3. The lowest BCUT2D eigenvalue weighted by Crippen LogP contribution is -2.43. The van der Waals surface area contributed by atoms with Crippen LogP contribution in [0.15, 0.2) is 12.2 Å². The van der Waals surface area contributed by atoms with Crippen molar-refractivity contribution in [2.45, 2.75) is 38.0 Å². The van der Waals surface area contributed by atoms with Gasteiger partial charge in [-0.1, -0.05) is 5.57 Å². The first-order valence-corrected chi connectivity index (χ1v) is 6.00. The van der Waals surface area contributed by atoms with E-state index in [-0.39, 0.29) is 0 Å². The topological polar surface area (TPSA) is 54.4 Å². The van der Waals surface area contributed by atoms with Gasteiger partial charge in [-0.3, -0.25) is 0 Å². The largest absolute Gasteiger partial charge is 0.391 e. The fourth-order valence-electron chi connectivity index (χ4n) is 0.823. The molecule has 0 aliphatic carbocycles. The van der Waals surface area contributed by atoms with Crippen molar-refractivity contribution in [2.75, 3.05) is 6.26 Å². The molecule has 1 unspecified atom stereocenters. The molecule has 0 saturated heterocycles. The van der Waals surface area contributed by atoms with Crippen molar-refractivity contribution in [1.82, 2.24) is 0 Å². The summed E-state index contributed by atoms with van der Waals surface area (Å²) in [5.41, 5.74) is 0.782. The monoisotopic (exact) mass is 206 g/mol. The van der Waals surface area contributed by atoms with Gasteiger partial charge in [0.1, 0.15) is 0 Å². The van der Waals surface area contributed by atoms with E-state index in [9.17, 15) is 13.5 Å². The minimum absolute atomic E-state index is 0.320. The average Bonchev–Trinajstić information content (AvgIpc) is 1.82. The molecule has 0 bridgehead atoms. The van der Waals surface area contributed by atoms with Crippen molar-refractivity contribution >= 4 is 9.84 Å². The van der Waals surface area contributed by atoms with Gasteiger partial charge in [-0.25, -0.2) is 8.42 Å². The number of aliphatic hydroxyl groups is 1.